The number of carbonyl (C=O) groups is 1. The Balaban J connectivity index is 1.72. The van der Waals surface area contributed by atoms with Crippen LogP contribution >= 0.6 is 11.8 Å². The van der Waals surface area contributed by atoms with Gasteiger partial charge in [0, 0.05) is 11.4 Å². The summed E-state index contributed by atoms with van der Waals surface area (Å²) in [5.41, 5.74) is 1.61. The van der Waals surface area contributed by atoms with Gasteiger partial charge in [-0.2, -0.15) is 0 Å². The molecule has 0 spiro atoms. The number of halogens is 1. The highest BCUT2D eigenvalue weighted by molar-refractivity contribution is 8.00. The van der Waals surface area contributed by atoms with Gasteiger partial charge < -0.3 is 5.32 Å². The van der Waals surface area contributed by atoms with E-state index in [1.165, 1.54) is 23.9 Å². The van der Waals surface area contributed by atoms with Crippen LogP contribution in [0.25, 0.3) is 10.9 Å². The van der Waals surface area contributed by atoms with Gasteiger partial charge >= 0.3 is 0 Å². The zero-order valence-electron chi connectivity index (χ0n) is 14.3. The maximum atomic E-state index is 13.3. The highest BCUT2D eigenvalue weighted by Gasteiger charge is 2.30. The predicted molar refractivity (Wildman–Crippen MR) is 100 cm³/mol. The fraction of sp³-hybridized carbons (Fsp3) is 0.250. The molecule has 1 N–H and O–H groups in total. The summed E-state index contributed by atoms with van der Waals surface area (Å²) in [6.45, 7) is 1.84. The van der Waals surface area contributed by atoms with Crippen molar-refractivity contribution in [2.75, 3.05) is 0 Å². The maximum Gasteiger partial charge on any atom is 0.238 e. The molecular weight excluding hydrogens is 349 g/mol. The van der Waals surface area contributed by atoms with Crippen LogP contribution in [0.4, 0.5) is 4.39 Å². The first-order valence-corrected chi connectivity index (χ1v) is 9.44. The summed E-state index contributed by atoms with van der Waals surface area (Å²) in [7, 11) is 0. The summed E-state index contributed by atoms with van der Waals surface area (Å²) in [4.78, 5) is 21.9. The number of fused-ring (bicyclic) bond motifs is 1. The van der Waals surface area contributed by atoms with Crippen LogP contribution in [-0.2, 0) is 4.79 Å². The molecule has 0 saturated heterocycles. The smallest absolute Gasteiger partial charge is 0.238 e. The molecule has 1 saturated carbocycles. The molecule has 0 radical (unpaired) electrons. The fourth-order valence-electron chi connectivity index (χ4n) is 2.78. The summed E-state index contributed by atoms with van der Waals surface area (Å²) in [6.07, 6.45) is 2.03. The van der Waals surface area contributed by atoms with Gasteiger partial charge in [0.25, 0.3) is 0 Å². The van der Waals surface area contributed by atoms with Gasteiger partial charge in [0.1, 0.15) is 21.9 Å². The van der Waals surface area contributed by atoms with Crippen LogP contribution in [0.15, 0.2) is 53.6 Å². The van der Waals surface area contributed by atoms with Crippen molar-refractivity contribution >= 4 is 28.6 Å². The van der Waals surface area contributed by atoms with Crippen LogP contribution in [0.1, 0.15) is 29.5 Å². The molecule has 1 atom stereocenters. The molecule has 2 aromatic carbocycles. The summed E-state index contributed by atoms with van der Waals surface area (Å²) in [6, 6.07) is 14.1. The van der Waals surface area contributed by atoms with Crippen molar-refractivity contribution in [1.82, 2.24) is 15.3 Å². The van der Waals surface area contributed by atoms with Crippen molar-refractivity contribution in [1.29, 1.82) is 0 Å². The Bertz CT molecular complexity index is 957. The van der Waals surface area contributed by atoms with Gasteiger partial charge in [-0.3, -0.25) is 4.79 Å². The molecule has 1 fully saturated rings. The SMILES string of the molecule is Cc1nc(SC(C(=O)NC2CC2)c2ccc(F)cc2)c2ccccc2n1. The molecular formula is C20H18FN3OS. The van der Waals surface area contributed by atoms with E-state index in [0.29, 0.717) is 5.82 Å². The molecule has 1 aromatic heterocycles. The van der Waals surface area contributed by atoms with Gasteiger partial charge in [0.2, 0.25) is 5.91 Å². The number of amides is 1. The van der Waals surface area contributed by atoms with E-state index in [0.717, 1.165) is 34.3 Å². The number of benzene rings is 2. The maximum absolute atomic E-state index is 13.3. The minimum Gasteiger partial charge on any atom is -0.352 e. The topological polar surface area (TPSA) is 54.9 Å². The number of rotatable bonds is 5. The van der Waals surface area contributed by atoms with Gasteiger partial charge in [0.05, 0.1) is 5.52 Å². The third-order valence-electron chi connectivity index (χ3n) is 4.24. The Morgan fingerprint density at radius 3 is 2.62 bits per heavy atom. The van der Waals surface area contributed by atoms with Crippen LogP contribution < -0.4 is 5.32 Å². The lowest BCUT2D eigenvalue weighted by molar-refractivity contribution is -0.120. The van der Waals surface area contributed by atoms with Crippen LogP contribution in [0.2, 0.25) is 0 Å². The summed E-state index contributed by atoms with van der Waals surface area (Å²) < 4.78 is 13.3. The van der Waals surface area contributed by atoms with Crippen LogP contribution in [0.3, 0.4) is 0 Å². The molecule has 6 heteroatoms. The Labute approximate surface area is 155 Å². The number of nitrogens with one attached hydrogen (secondary N) is 1. The standard InChI is InChI=1S/C20H18FN3OS/c1-12-22-17-5-3-2-4-16(17)20(23-12)26-18(19(25)24-15-10-11-15)13-6-8-14(21)9-7-13/h2-9,15,18H,10-11H2,1H3,(H,24,25). The molecule has 1 heterocycles. The van der Waals surface area contributed by atoms with Crippen molar-refractivity contribution < 1.29 is 9.18 Å². The predicted octanol–water partition coefficient (Wildman–Crippen LogP) is 4.19. The monoisotopic (exact) mass is 367 g/mol. The lowest BCUT2D eigenvalue weighted by atomic mass is 10.1. The molecule has 0 bridgehead atoms. The molecule has 26 heavy (non-hydrogen) atoms. The van der Waals surface area contributed by atoms with Gasteiger partial charge in [0.15, 0.2) is 0 Å². The number of aromatic nitrogens is 2. The number of hydrogen-bond donors (Lipinski definition) is 1. The average molecular weight is 367 g/mol. The number of para-hydroxylation sites is 1. The third kappa shape index (κ3) is 3.70. The van der Waals surface area contributed by atoms with Crippen LogP contribution in [-0.4, -0.2) is 21.9 Å². The first-order chi connectivity index (χ1) is 12.6. The van der Waals surface area contributed by atoms with Crippen molar-refractivity contribution in [2.45, 2.75) is 36.1 Å². The number of thioether (sulfide) groups is 1. The zero-order valence-corrected chi connectivity index (χ0v) is 15.1. The second-order valence-corrected chi connectivity index (χ2v) is 7.52. The molecule has 3 aromatic rings. The summed E-state index contributed by atoms with van der Waals surface area (Å²) in [5.74, 6) is 0.277. The van der Waals surface area contributed by atoms with Gasteiger partial charge in [-0.15, -0.1) is 0 Å². The Hall–Kier alpha value is -2.47. The molecule has 0 aliphatic heterocycles. The summed E-state index contributed by atoms with van der Waals surface area (Å²) >= 11 is 1.38. The number of carbonyl (C=O) groups excluding carboxylic acids is 1. The average Bonchev–Trinajstić information content (AvgIpc) is 3.44. The molecule has 1 amide bonds. The molecule has 4 nitrogen and oxygen atoms in total. The summed E-state index contributed by atoms with van der Waals surface area (Å²) in [5, 5.41) is 4.23. The van der Waals surface area contributed by atoms with Crippen molar-refractivity contribution in [3.05, 3.63) is 65.7 Å². The van der Waals surface area contributed by atoms with E-state index in [1.807, 2.05) is 31.2 Å². The minimum atomic E-state index is -0.492. The normalized spacial score (nSPS) is 15.0. The fourth-order valence-corrected chi connectivity index (χ4v) is 3.95. The first kappa shape index (κ1) is 17.0. The van der Waals surface area contributed by atoms with Crippen LogP contribution in [0, 0.1) is 12.7 Å². The Morgan fingerprint density at radius 1 is 1.15 bits per heavy atom. The molecule has 132 valence electrons. The van der Waals surface area contributed by atoms with Crippen molar-refractivity contribution in [2.24, 2.45) is 0 Å². The number of nitrogens with zero attached hydrogens (tertiary/aromatic N) is 2. The molecule has 1 unspecified atom stereocenters. The highest BCUT2D eigenvalue weighted by Crippen LogP contribution is 2.38. The van der Waals surface area contributed by atoms with Gasteiger partial charge in [-0.25, -0.2) is 14.4 Å². The van der Waals surface area contributed by atoms with E-state index >= 15 is 0 Å². The second-order valence-electron chi connectivity index (χ2n) is 6.43. The van der Waals surface area contributed by atoms with Gasteiger partial charge in [-0.05, 0) is 43.5 Å². The highest BCUT2D eigenvalue weighted by atomic mass is 32.2. The minimum absolute atomic E-state index is 0.0653. The lowest BCUT2D eigenvalue weighted by Gasteiger charge is -2.17. The number of aryl methyl sites for hydroxylation is 1. The largest absolute Gasteiger partial charge is 0.352 e. The van der Waals surface area contributed by atoms with Crippen molar-refractivity contribution in [3.8, 4) is 0 Å². The second kappa shape index (κ2) is 7.03. The van der Waals surface area contributed by atoms with E-state index in [2.05, 4.69) is 15.3 Å². The van der Waals surface area contributed by atoms with E-state index in [9.17, 15) is 9.18 Å². The molecule has 1 aliphatic carbocycles. The first-order valence-electron chi connectivity index (χ1n) is 8.56. The Morgan fingerprint density at radius 2 is 1.88 bits per heavy atom. The van der Waals surface area contributed by atoms with E-state index in [4.69, 9.17) is 0 Å². The quantitative estimate of drug-likeness (QED) is 0.543. The lowest BCUT2D eigenvalue weighted by Crippen LogP contribution is -2.29. The van der Waals surface area contributed by atoms with E-state index in [1.54, 1.807) is 12.1 Å². The molecule has 4 rings (SSSR count). The van der Waals surface area contributed by atoms with Gasteiger partial charge in [-0.1, -0.05) is 42.1 Å². The number of hydrogen-bond acceptors (Lipinski definition) is 4. The van der Waals surface area contributed by atoms with E-state index < -0.39 is 5.25 Å². The third-order valence-corrected chi connectivity index (χ3v) is 5.50. The zero-order chi connectivity index (χ0) is 18.1. The molecule has 1 aliphatic rings. The van der Waals surface area contributed by atoms with Crippen molar-refractivity contribution in [3.63, 3.8) is 0 Å². The van der Waals surface area contributed by atoms with Crippen LogP contribution in [0.5, 0.6) is 0 Å². The Kier molecular flexibility index (Phi) is 4.59. The van der Waals surface area contributed by atoms with E-state index in [-0.39, 0.29) is 17.8 Å².